The first-order valence-corrected chi connectivity index (χ1v) is 6.15. The molecule has 1 atom stereocenters. The average molecular weight is 227 g/mol. The summed E-state index contributed by atoms with van der Waals surface area (Å²) in [4.78, 5) is 4.46. The van der Waals surface area contributed by atoms with Gasteiger partial charge in [0.1, 0.15) is 0 Å². The molecule has 0 bridgehead atoms. The zero-order chi connectivity index (χ0) is 11.7. The third-order valence-corrected chi connectivity index (χ3v) is 3.28. The molecule has 3 nitrogen and oxygen atoms in total. The molecule has 3 heteroatoms. The number of aromatic nitrogens is 1. The van der Waals surface area contributed by atoms with Gasteiger partial charge in [-0.05, 0) is 43.7 Å². The van der Waals surface area contributed by atoms with Crippen molar-refractivity contribution in [3.05, 3.63) is 36.0 Å². The lowest BCUT2D eigenvalue weighted by Gasteiger charge is -2.15. The fourth-order valence-corrected chi connectivity index (χ4v) is 2.38. The maximum atomic E-state index is 4.46. The number of hydrogen-bond acceptors (Lipinski definition) is 3. The van der Waals surface area contributed by atoms with Gasteiger partial charge in [-0.15, -0.1) is 0 Å². The summed E-state index contributed by atoms with van der Waals surface area (Å²) < 4.78 is 0. The van der Waals surface area contributed by atoms with Gasteiger partial charge in [0.15, 0.2) is 0 Å². The third kappa shape index (κ3) is 2.11. The van der Waals surface area contributed by atoms with Crippen molar-refractivity contribution >= 4 is 16.6 Å². The molecule has 2 heterocycles. The second-order valence-electron chi connectivity index (χ2n) is 4.72. The monoisotopic (exact) mass is 227 g/mol. The minimum absolute atomic E-state index is 0.543. The molecular weight excluding hydrogens is 210 g/mol. The van der Waals surface area contributed by atoms with Crippen LogP contribution in [0.5, 0.6) is 0 Å². The predicted molar refractivity (Wildman–Crippen MR) is 71.4 cm³/mol. The van der Waals surface area contributed by atoms with Crippen molar-refractivity contribution in [1.29, 1.82) is 0 Å². The SMILES string of the molecule is Cc1cnc2cccc(N[C@@H]3CCNC3)c2c1. The summed E-state index contributed by atoms with van der Waals surface area (Å²) in [6.07, 6.45) is 3.11. The molecule has 0 amide bonds. The number of nitrogens with zero attached hydrogens (tertiary/aromatic N) is 1. The maximum Gasteiger partial charge on any atom is 0.0722 e. The number of pyridine rings is 1. The molecule has 17 heavy (non-hydrogen) atoms. The Morgan fingerprint density at radius 2 is 2.35 bits per heavy atom. The van der Waals surface area contributed by atoms with Crippen molar-refractivity contribution in [2.45, 2.75) is 19.4 Å². The van der Waals surface area contributed by atoms with Gasteiger partial charge in [0.25, 0.3) is 0 Å². The summed E-state index contributed by atoms with van der Waals surface area (Å²) >= 11 is 0. The fourth-order valence-electron chi connectivity index (χ4n) is 2.38. The Morgan fingerprint density at radius 3 is 3.18 bits per heavy atom. The van der Waals surface area contributed by atoms with Crippen LogP contribution in [0, 0.1) is 6.92 Å². The summed E-state index contributed by atoms with van der Waals surface area (Å²) in [6.45, 7) is 4.25. The smallest absolute Gasteiger partial charge is 0.0722 e. The Balaban J connectivity index is 1.99. The molecule has 0 radical (unpaired) electrons. The Labute approximate surface area is 101 Å². The normalized spacial score (nSPS) is 19.7. The molecule has 0 saturated carbocycles. The minimum Gasteiger partial charge on any atom is -0.380 e. The van der Waals surface area contributed by atoms with Crippen molar-refractivity contribution in [3.8, 4) is 0 Å². The largest absolute Gasteiger partial charge is 0.380 e. The van der Waals surface area contributed by atoms with Gasteiger partial charge in [0.05, 0.1) is 5.52 Å². The topological polar surface area (TPSA) is 37.0 Å². The third-order valence-electron chi connectivity index (χ3n) is 3.28. The highest BCUT2D eigenvalue weighted by atomic mass is 15.0. The summed E-state index contributed by atoms with van der Waals surface area (Å²) in [6, 6.07) is 9.01. The first-order valence-electron chi connectivity index (χ1n) is 6.15. The molecule has 1 aliphatic heterocycles. The van der Waals surface area contributed by atoms with Crippen molar-refractivity contribution in [2.24, 2.45) is 0 Å². The number of fused-ring (bicyclic) bond motifs is 1. The Hall–Kier alpha value is -1.61. The van der Waals surface area contributed by atoms with Crippen molar-refractivity contribution < 1.29 is 0 Å². The van der Waals surface area contributed by atoms with Crippen LogP contribution in [0.15, 0.2) is 30.5 Å². The van der Waals surface area contributed by atoms with E-state index >= 15 is 0 Å². The summed E-state index contributed by atoms with van der Waals surface area (Å²) in [5.41, 5.74) is 3.47. The van der Waals surface area contributed by atoms with Crippen LogP contribution in [0.2, 0.25) is 0 Å². The van der Waals surface area contributed by atoms with Crippen LogP contribution in [0.25, 0.3) is 10.9 Å². The van der Waals surface area contributed by atoms with Gasteiger partial charge in [-0.25, -0.2) is 0 Å². The Bertz CT molecular complexity index is 530. The van der Waals surface area contributed by atoms with E-state index in [0.29, 0.717) is 6.04 Å². The molecule has 3 rings (SSSR count). The maximum absolute atomic E-state index is 4.46. The van der Waals surface area contributed by atoms with E-state index < -0.39 is 0 Å². The molecule has 0 aliphatic carbocycles. The molecule has 88 valence electrons. The number of anilines is 1. The zero-order valence-corrected chi connectivity index (χ0v) is 10.0. The molecule has 1 saturated heterocycles. The highest BCUT2D eigenvalue weighted by Gasteiger charge is 2.14. The molecule has 1 aromatic carbocycles. The van der Waals surface area contributed by atoms with Crippen LogP contribution in [-0.4, -0.2) is 24.1 Å². The number of nitrogens with one attached hydrogen (secondary N) is 2. The van der Waals surface area contributed by atoms with Gasteiger partial charge < -0.3 is 10.6 Å². The number of benzene rings is 1. The quantitative estimate of drug-likeness (QED) is 0.826. The number of aryl methyl sites for hydroxylation is 1. The Morgan fingerprint density at radius 1 is 1.41 bits per heavy atom. The molecular formula is C14H17N3. The highest BCUT2D eigenvalue weighted by Crippen LogP contribution is 2.24. The molecule has 2 N–H and O–H groups in total. The van der Waals surface area contributed by atoms with Crippen molar-refractivity contribution in [3.63, 3.8) is 0 Å². The van der Waals surface area contributed by atoms with Gasteiger partial charge in [-0.3, -0.25) is 4.98 Å². The predicted octanol–water partition coefficient (Wildman–Crippen LogP) is 2.32. The highest BCUT2D eigenvalue weighted by molar-refractivity contribution is 5.91. The lowest BCUT2D eigenvalue weighted by atomic mass is 10.1. The van der Waals surface area contributed by atoms with Gasteiger partial charge in [0, 0.05) is 29.9 Å². The van der Waals surface area contributed by atoms with E-state index in [-0.39, 0.29) is 0 Å². The number of hydrogen-bond donors (Lipinski definition) is 2. The van der Waals surface area contributed by atoms with Crippen LogP contribution in [0.4, 0.5) is 5.69 Å². The molecule has 2 aromatic rings. The van der Waals surface area contributed by atoms with Crippen LogP contribution in [0.3, 0.4) is 0 Å². The van der Waals surface area contributed by atoms with Gasteiger partial charge in [-0.1, -0.05) is 6.07 Å². The van der Waals surface area contributed by atoms with E-state index in [1.807, 2.05) is 6.20 Å². The standard InChI is InChI=1S/C14H17N3/c1-10-7-12-13(16-8-10)3-2-4-14(12)17-11-5-6-15-9-11/h2-4,7-8,11,15,17H,5-6,9H2,1H3/t11-/m1/s1. The first kappa shape index (κ1) is 10.5. The summed E-state index contributed by atoms with van der Waals surface area (Å²) in [5.74, 6) is 0. The van der Waals surface area contributed by atoms with E-state index in [1.54, 1.807) is 0 Å². The average Bonchev–Trinajstić information content (AvgIpc) is 2.83. The van der Waals surface area contributed by atoms with Crippen LogP contribution in [-0.2, 0) is 0 Å². The van der Waals surface area contributed by atoms with Gasteiger partial charge in [-0.2, -0.15) is 0 Å². The van der Waals surface area contributed by atoms with E-state index in [4.69, 9.17) is 0 Å². The van der Waals surface area contributed by atoms with Crippen LogP contribution < -0.4 is 10.6 Å². The summed E-state index contributed by atoms with van der Waals surface area (Å²) in [5, 5.41) is 8.20. The first-order chi connectivity index (χ1) is 8.33. The van der Waals surface area contributed by atoms with Gasteiger partial charge in [0.2, 0.25) is 0 Å². The van der Waals surface area contributed by atoms with E-state index in [1.165, 1.54) is 23.1 Å². The second-order valence-corrected chi connectivity index (χ2v) is 4.72. The van der Waals surface area contributed by atoms with E-state index in [2.05, 4.69) is 46.8 Å². The number of rotatable bonds is 2. The Kier molecular flexibility index (Phi) is 2.69. The molecule has 0 unspecified atom stereocenters. The summed E-state index contributed by atoms with van der Waals surface area (Å²) in [7, 11) is 0. The van der Waals surface area contributed by atoms with Crippen LogP contribution in [0.1, 0.15) is 12.0 Å². The second kappa shape index (κ2) is 4.34. The van der Waals surface area contributed by atoms with Crippen LogP contribution >= 0.6 is 0 Å². The van der Waals surface area contributed by atoms with Gasteiger partial charge >= 0.3 is 0 Å². The van der Waals surface area contributed by atoms with E-state index in [9.17, 15) is 0 Å². The molecule has 1 aliphatic rings. The molecule has 0 spiro atoms. The van der Waals surface area contributed by atoms with Crippen molar-refractivity contribution in [1.82, 2.24) is 10.3 Å². The minimum atomic E-state index is 0.543. The van der Waals surface area contributed by atoms with Crippen molar-refractivity contribution in [2.75, 3.05) is 18.4 Å². The lowest BCUT2D eigenvalue weighted by molar-refractivity contribution is 0.794. The van der Waals surface area contributed by atoms with E-state index in [0.717, 1.165) is 18.6 Å². The fraction of sp³-hybridized carbons (Fsp3) is 0.357. The molecule has 1 aromatic heterocycles. The molecule has 1 fully saturated rings. The lowest BCUT2D eigenvalue weighted by Crippen LogP contribution is -2.22. The zero-order valence-electron chi connectivity index (χ0n) is 10.0.